The van der Waals surface area contributed by atoms with Gasteiger partial charge in [-0.25, -0.2) is 4.98 Å². The molecule has 1 aliphatic heterocycles. The van der Waals surface area contributed by atoms with E-state index in [0.717, 1.165) is 44.6 Å². The number of amides is 1. The highest BCUT2D eigenvalue weighted by molar-refractivity contribution is 5.76. The van der Waals surface area contributed by atoms with Gasteiger partial charge in [0.05, 0.1) is 6.61 Å². The Bertz CT molecular complexity index is 512. The van der Waals surface area contributed by atoms with Gasteiger partial charge in [0.2, 0.25) is 5.91 Å². The Hall–Kier alpha value is -1.62. The van der Waals surface area contributed by atoms with E-state index in [4.69, 9.17) is 0 Å². The molecule has 0 bridgehead atoms. The summed E-state index contributed by atoms with van der Waals surface area (Å²) in [5, 5.41) is 9.71. The molecule has 1 aromatic heterocycles. The molecule has 0 radical (unpaired) electrons. The van der Waals surface area contributed by atoms with Gasteiger partial charge < -0.3 is 14.6 Å². The number of hydrogen-bond donors (Lipinski definition) is 1. The first-order valence-electron chi connectivity index (χ1n) is 8.07. The molecular weight excluding hydrogens is 278 g/mol. The molecule has 0 spiro atoms. The molecule has 122 valence electrons. The van der Waals surface area contributed by atoms with Crippen LogP contribution in [0.3, 0.4) is 0 Å². The van der Waals surface area contributed by atoms with E-state index in [2.05, 4.69) is 16.1 Å². The second kappa shape index (κ2) is 7.58. The van der Waals surface area contributed by atoms with E-state index in [9.17, 15) is 9.90 Å². The predicted octanol–water partition coefficient (Wildman–Crippen LogP) is 2.15. The van der Waals surface area contributed by atoms with E-state index in [-0.39, 0.29) is 17.9 Å². The van der Waals surface area contributed by atoms with E-state index < -0.39 is 0 Å². The van der Waals surface area contributed by atoms with Crippen molar-refractivity contribution in [2.45, 2.75) is 45.6 Å². The van der Waals surface area contributed by atoms with Gasteiger partial charge in [-0.05, 0) is 32.6 Å². The summed E-state index contributed by atoms with van der Waals surface area (Å²) in [6.07, 6.45) is 9.64. The summed E-state index contributed by atoms with van der Waals surface area (Å²) in [5.41, 5.74) is -0.184. The molecule has 2 heterocycles. The summed E-state index contributed by atoms with van der Waals surface area (Å²) in [6.45, 7) is 8.15. The maximum atomic E-state index is 12.4. The van der Waals surface area contributed by atoms with Crippen molar-refractivity contribution in [3.05, 3.63) is 30.9 Å². The quantitative estimate of drug-likeness (QED) is 0.785. The summed E-state index contributed by atoms with van der Waals surface area (Å²) >= 11 is 0. The van der Waals surface area contributed by atoms with E-state index >= 15 is 0 Å². The van der Waals surface area contributed by atoms with Gasteiger partial charge in [-0.3, -0.25) is 4.79 Å². The van der Waals surface area contributed by atoms with Gasteiger partial charge >= 0.3 is 0 Å². The van der Waals surface area contributed by atoms with Crippen LogP contribution in [0.2, 0.25) is 0 Å². The molecule has 1 aromatic rings. The molecule has 0 saturated carbocycles. The number of carbonyl (C=O) groups is 1. The average molecular weight is 305 g/mol. The molecule has 5 heteroatoms. The Morgan fingerprint density at radius 2 is 2.41 bits per heavy atom. The van der Waals surface area contributed by atoms with Gasteiger partial charge in [0, 0.05) is 43.9 Å². The van der Waals surface area contributed by atoms with Gasteiger partial charge in [-0.15, -0.1) is 6.58 Å². The number of carbonyl (C=O) groups excluding carboxylic acids is 1. The number of hydrogen-bond acceptors (Lipinski definition) is 3. The molecule has 0 aliphatic carbocycles. The maximum Gasteiger partial charge on any atom is 0.222 e. The topological polar surface area (TPSA) is 58.4 Å². The lowest BCUT2D eigenvalue weighted by atomic mass is 9.77. The number of imidazole rings is 1. The van der Waals surface area contributed by atoms with Crippen molar-refractivity contribution in [2.75, 3.05) is 19.7 Å². The van der Waals surface area contributed by atoms with E-state index in [1.54, 1.807) is 6.20 Å². The zero-order valence-electron chi connectivity index (χ0n) is 13.5. The van der Waals surface area contributed by atoms with Crippen molar-refractivity contribution < 1.29 is 9.90 Å². The predicted molar refractivity (Wildman–Crippen MR) is 86.3 cm³/mol. The molecule has 5 nitrogen and oxygen atoms in total. The minimum Gasteiger partial charge on any atom is -0.396 e. The van der Waals surface area contributed by atoms with Crippen LogP contribution in [0.5, 0.6) is 0 Å². The molecular formula is C17H27N3O2. The number of allylic oxidation sites excluding steroid dienone is 1. The number of aryl methyl sites for hydroxylation is 2. The highest BCUT2D eigenvalue weighted by Gasteiger charge is 2.35. The van der Waals surface area contributed by atoms with Crippen molar-refractivity contribution in [3.63, 3.8) is 0 Å². The minimum absolute atomic E-state index is 0.122. The second-order valence-electron chi connectivity index (χ2n) is 6.34. The van der Waals surface area contributed by atoms with Crippen LogP contribution in [-0.4, -0.2) is 45.2 Å². The van der Waals surface area contributed by atoms with Gasteiger partial charge in [-0.2, -0.15) is 0 Å². The molecule has 1 N–H and O–H groups in total. The average Bonchev–Trinajstić information content (AvgIpc) is 2.93. The number of nitrogens with zero attached hydrogens (tertiary/aromatic N) is 3. The Morgan fingerprint density at radius 3 is 3.05 bits per heavy atom. The lowest BCUT2D eigenvalue weighted by Crippen LogP contribution is -2.47. The van der Waals surface area contributed by atoms with Gasteiger partial charge in [0.15, 0.2) is 0 Å². The summed E-state index contributed by atoms with van der Waals surface area (Å²) < 4.78 is 2.07. The van der Waals surface area contributed by atoms with Crippen molar-refractivity contribution in [2.24, 2.45) is 5.41 Å². The van der Waals surface area contributed by atoms with Crippen LogP contribution in [0, 0.1) is 12.3 Å². The Labute approximate surface area is 132 Å². The van der Waals surface area contributed by atoms with Crippen LogP contribution < -0.4 is 0 Å². The first kappa shape index (κ1) is 16.7. The van der Waals surface area contributed by atoms with Crippen molar-refractivity contribution in [1.29, 1.82) is 0 Å². The highest BCUT2D eigenvalue weighted by atomic mass is 16.3. The zero-order valence-corrected chi connectivity index (χ0v) is 13.5. The Morgan fingerprint density at radius 1 is 1.59 bits per heavy atom. The molecule has 1 atom stereocenters. The molecule has 2 rings (SSSR count). The third kappa shape index (κ3) is 3.97. The van der Waals surface area contributed by atoms with Crippen molar-refractivity contribution >= 4 is 5.91 Å². The number of piperidine rings is 1. The molecule has 1 aliphatic rings. The summed E-state index contributed by atoms with van der Waals surface area (Å²) in [4.78, 5) is 18.5. The lowest BCUT2D eigenvalue weighted by molar-refractivity contribution is -0.135. The fourth-order valence-corrected chi connectivity index (χ4v) is 3.29. The lowest BCUT2D eigenvalue weighted by Gasteiger charge is -2.41. The van der Waals surface area contributed by atoms with Gasteiger partial charge in [0.1, 0.15) is 5.82 Å². The molecule has 0 aromatic carbocycles. The molecule has 1 amide bonds. The van der Waals surface area contributed by atoms with E-state index in [0.29, 0.717) is 13.0 Å². The van der Waals surface area contributed by atoms with Gasteiger partial charge in [0.25, 0.3) is 0 Å². The van der Waals surface area contributed by atoms with E-state index in [1.807, 2.05) is 24.1 Å². The van der Waals surface area contributed by atoms with Gasteiger partial charge in [-0.1, -0.05) is 6.08 Å². The molecule has 22 heavy (non-hydrogen) atoms. The largest absolute Gasteiger partial charge is 0.396 e. The van der Waals surface area contributed by atoms with Crippen molar-refractivity contribution in [1.82, 2.24) is 14.5 Å². The first-order valence-corrected chi connectivity index (χ1v) is 8.07. The van der Waals surface area contributed by atoms with Crippen LogP contribution in [0.4, 0.5) is 0 Å². The number of aliphatic hydroxyl groups is 1. The Kier molecular flexibility index (Phi) is 5.77. The maximum absolute atomic E-state index is 12.4. The normalized spacial score (nSPS) is 21.8. The number of likely N-dealkylation sites (tertiary alicyclic amines) is 1. The van der Waals surface area contributed by atoms with Crippen molar-refractivity contribution in [3.8, 4) is 0 Å². The molecule has 1 saturated heterocycles. The summed E-state index contributed by atoms with van der Waals surface area (Å²) in [6, 6.07) is 0. The smallest absolute Gasteiger partial charge is 0.222 e. The zero-order chi connectivity index (χ0) is 16.0. The fourth-order valence-electron chi connectivity index (χ4n) is 3.29. The standard InChI is InChI=1S/C17H27N3O2/c1-3-7-17(14-21)8-5-11-20(13-17)16(22)6-4-10-19-12-9-18-15(19)2/h3,9,12,21H,1,4-8,10-11,13-14H2,2H3/t17-/m0/s1. The van der Waals surface area contributed by atoms with E-state index in [1.165, 1.54) is 0 Å². The molecule has 1 fully saturated rings. The highest BCUT2D eigenvalue weighted by Crippen LogP contribution is 2.33. The SMILES string of the molecule is C=CC[C@]1(CO)CCCN(C(=O)CCCn2ccnc2C)C1. The number of rotatable bonds is 7. The fraction of sp³-hybridized carbons (Fsp3) is 0.647. The van der Waals surface area contributed by atoms with Crippen LogP contribution in [0.15, 0.2) is 25.0 Å². The number of aliphatic hydroxyl groups excluding tert-OH is 1. The van der Waals surface area contributed by atoms with Crippen LogP contribution >= 0.6 is 0 Å². The summed E-state index contributed by atoms with van der Waals surface area (Å²) in [7, 11) is 0. The Balaban J connectivity index is 1.84. The number of aromatic nitrogens is 2. The third-order valence-corrected chi connectivity index (χ3v) is 4.64. The third-order valence-electron chi connectivity index (χ3n) is 4.64. The second-order valence-corrected chi connectivity index (χ2v) is 6.34. The van der Waals surface area contributed by atoms with Crippen LogP contribution in [0.25, 0.3) is 0 Å². The minimum atomic E-state index is -0.184. The first-order chi connectivity index (χ1) is 10.6. The monoisotopic (exact) mass is 305 g/mol. The molecule has 0 unspecified atom stereocenters. The summed E-state index contributed by atoms with van der Waals surface area (Å²) in [5.74, 6) is 1.18. The van der Waals surface area contributed by atoms with Crippen LogP contribution in [-0.2, 0) is 11.3 Å². The van der Waals surface area contributed by atoms with Crippen LogP contribution in [0.1, 0.15) is 37.9 Å².